The number of halogens is 2. The maximum Gasteiger partial charge on any atom is 0.173 e. The van der Waals surface area contributed by atoms with Gasteiger partial charge in [0.15, 0.2) is 11.6 Å². The summed E-state index contributed by atoms with van der Waals surface area (Å²) in [6.45, 7) is 0. The van der Waals surface area contributed by atoms with Gasteiger partial charge in [-0.05, 0) is 12.8 Å². The number of aromatic hydroxyl groups is 2. The van der Waals surface area contributed by atoms with Crippen molar-refractivity contribution in [3.8, 4) is 11.5 Å². The standard InChI is InChI=1S/C9H9ClFNO2/c10-4-3-5(13)7(11)6(8(4)14)9(12)1-2-9/h3,13-14H,1-2,12H2. The highest BCUT2D eigenvalue weighted by atomic mass is 35.5. The predicted octanol–water partition coefficient (Wildman–Crippen LogP) is 1.84. The van der Waals surface area contributed by atoms with Crippen LogP contribution in [0.15, 0.2) is 6.07 Å². The number of hydrogen-bond donors (Lipinski definition) is 3. The lowest BCUT2D eigenvalue weighted by molar-refractivity contribution is 0.405. The zero-order valence-corrected chi connectivity index (χ0v) is 7.98. The molecular weight excluding hydrogens is 209 g/mol. The van der Waals surface area contributed by atoms with Crippen LogP contribution in [0.1, 0.15) is 18.4 Å². The topological polar surface area (TPSA) is 66.5 Å². The third kappa shape index (κ3) is 1.22. The summed E-state index contributed by atoms with van der Waals surface area (Å²) in [6, 6.07) is 0.960. The van der Waals surface area contributed by atoms with Crippen molar-refractivity contribution < 1.29 is 14.6 Å². The monoisotopic (exact) mass is 217 g/mol. The molecule has 0 aliphatic heterocycles. The maximum atomic E-state index is 13.4. The largest absolute Gasteiger partial charge is 0.506 e. The molecule has 14 heavy (non-hydrogen) atoms. The summed E-state index contributed by atoms with van der Waals surface area (Å²) in [5.41, 5.74) is 4.79. The Morgan fingerprint density at radius 1 is 1.43 bits per heavy atom. The van der Waals surface area contributed by atoms with Gasteiger partial charge < -0.3 is 15.9 Å². The number of phenols is 2. The predicted molar refractivity (Wildman–Crippen MR) is 49.8 cm³/mol. The van der Waals surface area contributed by atoms with Crippen molar-refractivity contribution in [2.75, 3.05) is 0 Å². The van der Waals surface area contributed by atoms with Crippen molar-refractivity contribution >= 4 is 11.6 Å². The Morgan fingerprint density at radius 2 is 2.00 bits per heavy atom. The van der Waals surface area contributed by atoms with E-state index in [4.69, 9.17) is 17.3 Å². The van der Waals surface area contributed by atoms with Crippen molar-refractivity contribution in [2.45, 2.75) is 18.4 Å². The highest BCUT2D eigenvalue weighted by molar-refractivity contribution is 6.32. The first-order valence-electron chi connectivity index (χ1n) is 4.15. The molecule has 5 heteroatoms. The number of rotatable bonds is 1. The Kier molecular flexibility index (Phi) is 1.87. The highest BCUT2D eigenvalue weighted by Gasteiger charge is 2.45. The zero-order chi connectivity index (χ0) is 10.5. The Labute approximate surface area is 84.9 Å². The molecule has 1 saturated carbocycles. The number of nitrogens with two attached hydrogens (primary N) is 1. The first-order valence-corrected chi connectivity index (χ1v) is 4.53. The molecule has 1 aliphatic carbocycles. The van der Waals surface area contributed by atoms with Gasteiger partial charge in [0.25, 0.3) is 0 Å². The van der Waals surface area contributed by atoms with Gasteiger partial charge in [-0.3, -0.25) is 0 Å². The molecule has 0 saturated heterocycles. The molecule has 76 valence electrons. The fraction of sp³-hybridized carbons (Fsp3) is 0.333. The summed E-state index contributed by atoms with van der Waals surface area (Å²) >= 11 is 5.59. The van der Waals surface area contributed by atoms with Crippen LogP contribution in [0.4, 0.5) is 4.39 Å². The molecule has 0 atom stereocenters. The maximum absolute atomic E-state index is 13.4. The van der Waals surface area contributed by atoms with Gasteiger partial charge in [0.05, 0.1) is 10.6 Å². The Balaban J connectivity index is 2.68. The van der Waals surface area contributed by atoms with Gasteiger partial charge in [-0.2, -0.15) is 0 Å². The summed E-state index contributed by atoms with van der Waals surface area (Å²) in [7, 11) is 0. The van der Waals surface area contributed by atoms with Crippen molar-refractivity contribution in [3.05, 3.63) is 22.5 Å². The van der Waals surface area contributed by atoms with Gasteiger partial charge in [-0.25, -0.2) is 4.39 Å². The molecule has 1 aromatic rings. The number of phenolic OH excluding ortho intramolecular Hbond substituents is 2. The molecule has 0 heterocycles. The fourth-order valence-corrected chi connectivity index (χ4v) is 1.64. The van der Waals surface area contributed by atoms with E-state index in [1.54, 1.807) is 0 Å². The molecule has 4 N–H and O–H groups in total. The summed E-state index contributed by atoms with van der Waals surface area (Å²) in [6.07, 6.45) is 1.16. The normalized spacial score (nSPS) is 18.2. The van der Waals surface area contributed by atoms with Crippen LogP contribution in [0.25, 0.3) is 0 Å². The van der Waals surface area contributed by atoms with Crippen LogP contribution < -0.4 is 5.73 Å². The molecule has 1 aliphatic rings. The SMILES string of the molecule is NC1(c2c(O)c(Cl)cc(O)c2F)CC1. The van der Waals surface area contributed by atoms with Gasteiger partial charge in [0.2, 0.25) is 0 Å². The minimum absolute atomic E-state index is 0.0810. The quantitative estimate of drug-likeness (QED) is 0.629. The summed E-state index contributed by atoms with van der Waals surface area (Å²) in [4.78, 5) is 0. The lowest BCUT2D eigenvalue weighted by Gasteiger charge is -2.14. The van der Waals surface area contributed by atoms with Gasteiger partial charge in [0, 0.05) is 11.6 Å². The zero-order valence-electron chi connectivity index (χ0n) is 7.22. The smallest absolute Gasteiger partial charge is 0.173 e. The molecule has 2 rings (SSSR count). The van der Waals surface area contributed by atoms with Crippen LogP contribution in [0.3, 0.4) is 0 Å². The second-order valence-corrected chi connectivity index (χ2v) is 3.98. The second kappa shape index (κ2) is 2.74. The molecule has 0 unspecified atom stereocenters. The minimum atomic E-state index is -0.883. The summed E-state index contributed by atoms with van der Waals surface area (Å²) in [5.74, 6) is -1.84. The Hall–Kier alpha value is -1.00. The van der Waals surface area contributed by atoms with Crippen molar-refractivity contribution in [1.82, 2.24) is 0 Å². The molecule has 0 bridgehead atoms. The van der Waals surface area contributed by atoms with Gasteiger partial charge in [0.1, 0.15) is 5.75 Å². The van der Waals surface area contributed by atoms with Crippen molar-refractivity contribution in [2.24, 2.45) is 5.73 Å². The average molecular weight is 218 g/mol. The first-order chi connectivity index (χ1) is 6.46. The van der Waals surface area contributed by atoms with E-state index in [1.165, 1.54) is 0 Å². The average Bonchev–Trinajstić information content (AvgIpc) is 2.81. The van der Waals surface area contributed by atoms with Crippen molar-refractivity contribution in [1.29, 1.82) is 0 Å². The van der Waals surface area contributed by atoms with Gasteiger partial charge in [-0.15, -0.1) is 0 Å². The van der Waals surface area contributed by atoms with Crippen LogP contribution >= 0.6 is 11.6 Å². The summed E-state index contributed by atoms with van der Waals surface area (Å²) < 4.78 is 13.4. The fourth-order valence-electron chi connectivity index (χ4n) is 1.44. The van der Waals surface area contributed by atoms with Gasteiger partial charge in [-0.1, -0.05) is 11.6 Å². The first kappa shape index (κ1) is 9.55. The molecule has 0 amide bonds. The van der Waals surface area contributed by atoms with E-state index >= 15 is 0 Å². The highest BCUT2D eigenvalue weighted by Crippen LogP contribution is 2.50. The second-order valence-electron chi connectivity index (χ2n) is 3.57. The van der Waals surface area contributed by atoms with Gasteiger partial charge >= 0.3 is 0 Å². The van der Waals surface area contributed by atoms with E-state index in [0.29, 0.717) is 12.8 Å². The molecule has 1 fully saturated rings. The lowest BCUT2D eigenvalue weighted by Crippen LogP contribution is -2.20. The molecular formula is C9H9ClFNO2. The van der Waals surface area contributed by atoms with Crippen LogP contribution in [-0.4, -0.2) is 10.2 Å². The number of hydrogen-bond acceptors (Lipinski definition) is 3. The van der Waals surface area contributed by atoms with Crippen LogP contribution in [-0.2, 0) is 5.54 Å². The van der Waals surface area contributed by atoms with E-state index in [0.717, 1.165) is 6.07 Å². The van der Waals surface area contributed by atoms with Crippen molar-refractivity contribution in [3.63, 3.8) is 0 Å². The van der Waals surface area contributed by atoms with Crippen LogP contribution in [0.2, 0.25) is 5.02 Å². The summed E-state index contributed by atoms with van der Waals surface area (Å²) in [5, 5.41) is 18.6. The van der Waals surface area contributed by atoms with E-state index < -0.39 is 17.1 Å². The minimum Gasteiger partial charge on any atom is -0.506 e. The van der Waals surface area contributed by atoms with E-state index in [-0.39, 0.29) is 16.3 Å². The molecule has 0 spiro atoms. The van der Waals surface area contributed by atoms with Crippen LogP contribution in [0.5, 0.6) is 11.5 Å². The Bertz CT molecular complexity index is 378. The third-order valence-electron chi connectivity index (χ3n) is 2.46. The number of benzene rings is 1. The van der Waals surface area contributed by atoms with E-state index in [1.807, 2.05) is 0 Å². The molecule has 3 nitrogen and oxygen atoms in total. The van der Waals surface area contributed by atoms with E-state index in [2.05, 4.69) is 0 Å². The molecule has 0 aromatic heterocycles. The molecule has 1 aromatic carbocycles. The van der Waals surface area contributed by atoms with Crippen LogP contribution in [0, 0.1) is 5.82 Å². The lowest BCUT2D eigenvalue weighted by atomic mass is 10.0. The molecule has 0 radical (unpaired) electrons. The third-order valence-corrected chi connectivity index (χ3v) is 2.75. The van der Waals surface area contributed by atoms with E-state index in [9.17, 15) is 14.6 Å². The Morgan fingerprint density at radius 3 is 2.50 bits per heavy atom.